The molecule has 5 nitrogen and oxygen atoms in total. The Morgan fingerprint density at radius 1 is 1.00 bits per heavy atom. The van der Waals surface area contributed by atoms with Crippen LogP contribution in [-0.2, 0) is 4.79 Å². The smallest absolute Gasteiger partial charge is 0.274 e. The molecule has 0 saturated heterocycles. The van der Waals surface area contributed by atoms with Gasteiger partial charge in [0.05, 0.1) is 0 Å². The van der Waals surface area contributed by atoms with Crippen LogP contribution in [0.2, 0.25) is 0 Å². The summed E-state index contributed by atoms with van der Waals surface area (Å²) in [5, 5.41) is 0. The number of para-hydroxylation sites is 1. The van der Waals surface area contributed by atoms with Gasteiger partial charge in [-0.15, -0.1) is 0 Å². The molecule has 0 radical (unpaired) electrons. The van der Waals surface area contributed by atoms with Crippen molar-refractivity contribution in [3.8, 4) is 17.2 Å². The van der Waals surface area contributed by atoms with E-state index in [1.54, 1.807) is 31.2 Å². The lowest BCUT2D eigenvalue weighted by Gasteiger charge is -2.13. The molecule has 2 aromatic carbocycles. The lowest BCUT2D eigenvalue weighted by molar-refractivity contribution is -0.127. The molecule has 2 rings (SSSR count). The maximum atomic E-state index is 11.2. The van der Waals surface area contributed by atoms with E-state index in [-0.39, 0.29) is 5.91 Å². The summed E-state index contributed by atoms with van der Waals surface area (Å²) in [6.45, 7) is 1.62. The van der Waals surface area contributed by atoms with E-state index in [4.69, 9.17) is 15.3 Å². The second-order valence-electron chi connectivity index (χ2n) is 4.16. The molecule has 3 N–H and O–H groups in total. The molecule has 0 aliphatic heterocycles. The first kappa shape index (κ1) is 13.9. The van der Waals surface area contributed by atoms with E-state index in [1.165, 1.54) is 0 Å². The van der Waals surface area contributed by atoms with Crippen molar-refractivity contribution in [2.75, 3.05) is 0 Å². The Hall–Kier alpha value is -2.53. The number of carbonyl (C=O) groups excluding carboxylic acids is 1. The fourth-order valence-corrected chi connectivity index (χ4v) is 1.59. The Balaban J connectivity index is 1.98. The van der Waals surface area contributed by atoms with Crippen LogP contribution in [0.1, 0.15) is 6.92 Å². The van der Waals surface area contributed by atoms with E-state index < -0.39 is 6.10 Å². The third-order valence-corrected chi connectivity index (χ3v) is 2.63. The van der Waals surface area contributed by atoms with Crippen LogP contribution in [0.4, 0.5) is 0 Å². The molecule has 5 heteroatoms. The van der Waals surface area contributed by atoms with Gasteiger partial charge in [-0.1, -0.05) is 18.2 Å². The number of carbonyl (C=O) groups is 1. The van der Waals surface area contributed by atoms with Crippen LogP contribution in [0.25, 0.3) is 0 Å². The Kier molecular flexibility index (Phi) is 4.57. The van der Waals surface area contributed by atoms with Crippen LogP contribution in [0.5, 0.6) is 17.2 Å². The second kappa shape index (κ2) is 6.58. The largest absolute Gasteiger partial charge is 0.481 e. The van der Waals surface area contributed by atoms with Crippen molar-refractivity contribution in [3.05, 3.63) is 54.6 Å². The van der Waals surface area contributed by atoms with Crippen molar-refractivity contribution in [2.45, 2.75) is 13.0 Å². The van der Waals surface area contributed by atoms with Crippen LogP contribution >= 0.6 is 0 Å². The lowest BCUT2D eigenvalue weighted by atomic mass is 10.3. The predicted molar refractivity (Wildman–Crippen MR) is 75.4 cm³/mol. The first-order valence-corrected chi connectivity index (χ1v) is 6.19. The van der Waals surface area contributed by atoms with Gasteiger partial charge in [0.15, 0.2) is 6.10 Å². The minimum atomic E-state index is -0.652. The summed E-state index contributed by atoms with van der Waals surface area (Å²) in [5.41, 5.74) is 2.04. The second-order valence-corrected chi connectivity index (χ2v) is 4.16. The Morgan fingerprint density at radius 2 is 1.55 bits per heavy atom. The van der Waals surface area contributed by atoms with Crippen molar-refractivity contribution >= 4 is 5.91 Å². The Morgan fingerprint density at radius 3 is 2.15 bits per heavy atom. The number of amides is 1. The normalized spacial score (nSPS) is 11.5. The number of hydrogen-bond donors (Lipinski definition) is 2. The molecule has 20 heavy (non-hydrogen) atoms. The number of benzene rings is 2. The Bertz CT molecular complexity index is 555. The summed E-state index contributed by atoms with van der Waals surface area (Å²) < 4.78 is 11.1. The molecule has 1 atom stereocenters. The quantitative estimate of drug-likeness (QED) is 0.497. The van der Waals surface area contributed by atoms with Gasteiger partial charge in [0, 0.05) is 0 Å². The minimum absolute atomic E-state index is 0.380. The molecule has 0 spiro atoms. The van der Waals surface area contributed by atoms with E-state index in [0.717, 1.165) is 5.75 Å². The summed E-state index contributed by atoms with van der Waals surface area (Å²) in [6, 6.07) is 16.5. The topological polar surface area (TPSA) is 73.6 Å². The maximum absolute atomic E-state index is 11.2. The fraction of sp³-hybridized carbons (Fsp3) is 0.133. The van der Waals surface area contributed by atoms with Crippen molar-refractivity contribution in [1.82, 2.24) is 5.43 Å². The summed E-state index contributed by atoms with van der Waals surface area (Å²) in [6.07, 6.45) is -0.652. The van der Waals surface area contributed by atoms with Gasteiger partial charge in [-0.3, -0.25) is 10.2 Å². The van der Waals surface area contributed by atoms with E-state index in [2.05, 4.69) is 0 Å². The predicted octanol–water partition coefficient (Wildman–Crippen LogP) is 2.24. The van der Waals surface area contributed by atoms with Crippen molar-refractivity contribution in [3.63, 3.8) is 0 Å². The van der Waals surface area contributed by atoms with Gasteiger partial charge in [0.1, 0.15) is 17.2 Å². The molecule has 1 amide bonds. The molecule has 0 aromatic heterocycles. The highest BCUT2D eigenvalue weighted by Gasteiger charge is 2.12. The summed E-state index contributed by atoms with van der Waals surface area (Å²) in [7, 11) is 0. The molecule has 0 bridgehead atoms. The van der Waals surface area contributed by atoms with Gasteiger partial charge in [0.25, 0.3) is 5.91 Å². The molecular formula is C15H16N2O3. The number of hydrogen-bond acceptors (Lipinski definition) is 4. The van der Waals surface area contributed by atoms with Gasteiger partial charge in [-0.25, -0.2) is 5.84 Å². The van der Waals surface area contributed by atoms with Crippen LogP contribution in [0, 0.1) is 0 Å². The summed E-state index contributed by atoms with van der Waals surface area (Å²) in [5.74, 6) is 6.68. The third kappa shape index (κ3) is 3.73. The van der Waals surface area contributed by atoms with E-state index >= 15 is 0 Å². The number of rotatable bonds is 5. The van der Waals surface area contributed by atoms with Crippen LogP contribution < -0.4 is 20.7 Å². The van der Waals surface area contributed by atoms with Gasteiger partial charge >= 0.3 is 0 Å². The van der Waals surface area contributed by atoms with Gasteiger partial charge in [-0.2, -0.15) is 0 Å². The minimum Gasteiger partial charge on any atom is -0.481 e. The van der Waals surface area contributed by atoms with Crippen LogP contribution in [0.15, 0.2) is 54.6 Å². The first-order chi connectivity index (χ1) is 9.69. The van der Waals surface area contributed by atoms with Crippen LogP contribution in [-0.4, -0.2) is 12.0 Å². The zero-order valence-electron chi connectivity index (χ0n) is 11.1. The van der Waals surface area contributed by atoms with E-state index in [1.807, 2.05) is 35.8 Å². The monoisotopic (exact) mass is 272 g/mol. The molecule has 0 saturated carbocycles. The number of nitrogens with two attached hydrogens (primary N) is 1. The average Bonchev–Trinajstić information content (AvgIpc) is 2.49. The highest BCUT2D eigenvalue weighted by atomic mass is 16.5. The highest BCUT2D eigenvalue weighted by Crippen LogP contribution is 2.23. The van der Waals surface area contributed by atoms with Crippen LogP contribution in [0.3, 0.4) is 0 Å². The zero-order chi connectivity index (χ0) is 14.4. The molecule has 0 fully saturated rings. The SMILES string of the molecule is CC(Oc1ccc(Oc2ccccc2)cc1)C(=O)NN. The molecule has 0 aliphatic carbocycles. The maximum Gasteiger partial charge on any atom is 0.274 e. The molecular weight excluding hydrogens is 256 g/mol. The molecule has 104 valence electrons. The standard InChI is InChI=1S/C15H16N2O3/c1-11(15(18)17-16)19-13-7-9-14(10-8-13)20-12-5-3-2-4-6-12/h2-11H,16H2,1H3,(H,17,18). The van der Waals surface area contributed by atoms with Gasteiger partial charge < -0.3 is 9.47 Å². The average molecular weight is 272 g/mol. The number of nitrogens with one attached hydrogen (secondary N) is 1. The van der Waals surface area contributed by atoms with Crippen molar-refractivity contribution in [2.24, 2.45) is 5.84 Å². The zero-order valence-corrected chi connectivity index (χ0v) is 11.1. The highest BCUT2D eigenvalue weighted by molar-refractivity contribution is 5.80. The van der Waals surface area contributed by atoms with Gasteiger partial charge in [0.2, 0.25) is 0 Å². The van der Waals surface area contributed by atoms with Gasteiger partial charge in [-0.05, 0) is 43.3 Å². The lowest BCUT2D eigenvalue weighted by Crippen LogP contribution is -2.40. The number of hydrazine groups is 1. The third-order valence-electron chi connectivity index (χ3n) is 2.63. The molecule has 2 aromatic rings. The van der Waals surface area contributed by atoms with E-state index in [0.29, 0.717) is 11.5 Å². The summed E-state index contributed by atoms with van der Waals surface area (Å²) >= 11 is 0. The van der Waals surface area contributed by atoms with Crippen molar-refractivity contribution < 1.29 is 14.3 Å². The molecule has 1 unspecified atom stereocenters. The molecule has 0 heterocycles. The fourth-order valence-electron chi connectivity index (χ4n) is 1.59. The Labute approximate surface area is 117 Å². The summed E-state index contributed by atoms with van der Waals surface area (Å²) in [4.78, 5) is 11.2. The van der Waals surface area contributed by atoms with Crippen molar-refractivity contribution in [1.29, 1.82) is 0 Å². The van der Waals surface area contributed by atoms with E-state index in [9.17, 15) is 4.79 Å². The number of ether oxygens (including phenoxy) is 2. The molecule has 0 aliphatic rings. The first-order valence-electron chi connectivity index (χ1n) is 6.19.